The van der Waals surface area contributed by atoms with Crippen molar-refractivity contribution in [3.05, 3.63) is 0 Å². The lowest BCUT2D eigenvalue weighted by Crippen LogP contribution is -2.37. The lowest BCUT2D eigenvalue weighted by molar-refractivity contribution is -0.870. The van der Waals surface area contributed by atoms with Gasteiger partial charge in [0.1, 0.15) is 19.3 Å². The Kier molecular flexibility index (Phi) is 43.7. The van der Waals surface area contributed by atoms with Crippen molar-refractivity contribution >= 4 is 19.8 Å². The van der Waals surface area contributed by atoms with E-state index >= 15 is 0 Å². The summed E-state index contributed by atoms with van der Waals surface area (Å²) < 4.78 is 20.6. The second-order valence-electron chi connectivity index (χ2n) is 15.2. The van der Waals surface area contributed by atoms with Gasteiger partial charge in [-0.2, -0.15) is 0 Å². The van der Waals surface area contributed by atoms with Crippen molar-refractivity contribution in [2.75, 3.05) is 47.5 Å². The molecule has 4 N–H and O–H groups in total. The molecular weight excluding hydrogens is 685 g/mol. The van der Waals surface area contributed by atoms with Gasteiger partial charge in [-0.1, -0.05) is 168 Å². The first kappa shape index (κ1) is 55.3. The molecule has 11 nitrogen and oxygen atoms in total. The third-order valence-electron chi connectivity index (χ3n) is 8.64. The van der Waals surface area contributed by atoms with E-state index in [9.17, 15) is 19.0 Å². The standard InChI is InChI=1S/2C16H32O2.C8H20NO6P/c2*1-2-3-4-5-6-7-8-9-10-11-12-13-14-15-16(17)18;1-9(2,3)4-5-14-16(12,13)15-7-8(11)6-10/h2*2-15H2,1H3,(H,17,18);8,10-11H,4-7H2,1-3H3. The lowest BCUT2D eigenvalue weighted by atomic mass is 10.0. The monoisotopic (exact) mass is 770 g/mol. The molecular formula is C40H84NO10P. The SMILES string of the molecule is CCCCCCCCCCCCCCCC(=O)O.CCCCCCCCCCCCCCCC(=O)O.C[N+](C)(C)CCOP(=O)([O-])OCC(O)CO. The van der Waals surface area contributed by atoms with Gasteiger partial charge in [0, 0.05) is 12.8 Å². The molecule has 0 saturated carbocycles. The van der Waals surface area contributed by atoms with E-state index in [0.717, 1.165) is 25.7 Å². The Morgan fingerprint density at radius 2 is 0.865 bits per heavy atom. The van der Waals surface area contributed by atoms with Crippen molar-refractivity contribution in [1.29, 1.82) is 0 Å². The summed E-state index contributed by atoms with van der Waals surface area (Å²) in [5.74, 6) is -1.31. The molecule has 0 saturated heterocycles. The quantitative estimate of drug-likeness (QED) is 0.0273. The molecule has 0 fully saturated rings. The number of likely N-dealkylation sites (N-methyl/N-ethyl adjacent to an activating group) is 1. The highest BCUT2D eigenvalue weighted by Crippen LogP contribution is 2.38. The van der Waals surface area contributed by atoms with Gasteiger partial charge in [-0.25, -0.2) is 0 Å². The Labute approximate surface area is 319 Å². The number of quaternary nitrogens is 1. The van der Waals surface area contributed by atoms with Crippen LogP contribution in [0, 0.1) is 0 Å². The van der Waals surface area contributed by atoms with Crippen LogP contribution in [0.4, 0.5) is 0 Å². The van der Waals surface area contributed by atoms with Crippen LogP contribution in [-0.2, 0) is 23.2 Å². The van der Waals surface area contributed by atoms with E-state index in [1.807, 2.05) is 21.1 Å². The minimum atomic E-state index is -4.38. The van der Waals surface area contributed by atoms with Crippen LogP contribution in [0.3, 0.4) is 0 Å². The number of hydrogen-bond acceptors (Lipinski definition) is 8. The van der Waals surface area contributed by atoms with Gasteiger partial charge in [0.05, 0.1) is 34.4 Å². The fraction of sp³-hybridized carbons (Fsp3) is 0.950. The third kappa shape index (κ3) is 55.7. The fourth-order valence-corrected chi connectivity index (χ4v) is 6.02. The first-order valence-electron chi connectivity index (χ1n) is 20.8. The van der Waals surface area contributed by atoms with E-state index in [-0.39, 0.29) is 6.61 Å². The predicted molar refractivity (Wildman–Crippen MR) is 211 cm³/mol. The van der Waals surface area contributed by atoms with Crippen LogP contribution in [0.5, 0.6) is 0 Å². The highest BCUT2D eigenvalue weighted by molar-refractivity contribution is 7.45. The van der Waals surface area contributed by atoms with Gasteiger partial charge in [0.15, 0.2) is 0 Å². The summed E-state index contributed by atoms with van der Waals surface area (Å²) in [5, 5.41) is 34.3. The number of hydrogen-bond donors (Lipinski definition) is 4. The molecule has 0 rings (SSSR count). The second kappa shape index (κ2) is 41.1. The Morgan fingerprint density at radius 1 is 0.577 bits per heavy atom. The Hall–Kier alpha value is -1.07. The average molecular weight is 770 g/mol. The number of phosphoric ester groups is 1. The molecule has 314 valence electrons. The molecule has 0 aromatic carbocycles. The highest BCUT2D eigenvalue weighted by Gasteiger charge is 2.15. The fourth-order valence-electron chi connectivity index (χ4n) is 5.28. The maximum Gasteiger partial charge on any atom is 0.303 e. The smallest absolute Gasteiger partial charge is 0.303 e. The molecule has 0 radical (unpaired) electrons. The van der Waals surface area contributed by atoms with E-state index in [1.54, 1.807) is 0 Å². The summed E-state index contributed by atoms with van der Waals surface area (Å²) in [4.78, 5) is 31.7. The largest absolute Gasteiger partial charge is 0.756 e. The van der Waals surface area contributed by atoms with Crippen molar-refractivity contribution in [2.45, 2.75) is 200 Å². The zero-order valence-electron chi connectivity index (χ0n) is 34.3. The van der Waals surface area contributed by atoms with Crippen LogP contribution in [0.25, 0.3) is 0 Å². The van der Waals surface area contributed by atoms with E-state index in [1.165, 1.54) is 141 Å². The molecule has 0 aromatic rings. The van der Waals surface area contributed by atoms with Gasteiger partial charge in [-0.05, 0) is 12.8 Å². The molecule has 52 heavy (non-hydrogen) atoms. The first-order valence-corrected chi connectivity index (χ1v) is 22.3. The summed E-state index contributed by atoms with van der Waals surface area (Å²) in [6.45, 7) is 3.99. The summed E-state index contributed by atoms with van der Waals surface area (Å²) in [7, 11) is 1.32. The number of rotatable bonds is 36. The number of aliphatic carboxylic acids is 2. The van der Waals surface area contributed by atoms with Gasteiger partial charge >= 0.3 is 11.9 Å². The lowest BCUT2D eigenvalue weighted by Gasteiger charge is -2.27. The zero-order valence-corrected chi connectivity index (χ0v) is 35.2. The Bertz CT molecular complexity index is 770. The molecule has 0 amide bonds. The van der Waals surface area contributed by atoms with Crippen LogP contribution in [-0.4, -0.2) is 90.5 Å². The van der Waals surface area contributed by atoms with E-state index in [2.05, 4.69) is 22.9 Å². The minimum absolute atomic E-state index is 0.0134. The molecule has 0 heterocycles. The van der Waals surface area contributed by atoms with Crippen LogP contribution in [0.1, 0.15) is 194 Å². The van der Waals surface area contributed by atoms with Crippen LogP contribution in [0.2, 0.25) is 0 Å². The topological polar surface area (TPSA) is 174 Å². The van der Waals surface area contributed by atoms with Crippen LogP contribution >= 0.6 is 7.82 Å². The summed E-state index contributed by atoms with van der Waals surface area (Å²) in [6, 6.07) is 0. The van der Waals surface area contributed by atoms with Crippen molar-refractivity contribution in [3.8, 4) is 0 Å². The number of carboxylic acids is 2. The molecule has 0 aliphatic heterocycles. The van der Waals surface area contributed by atoms with E-state index in [0.29, 0.717) is 23.9 Å². The van der Waals surface area contributed by atoms with E-state index < -0.39 is 39.1 Å². The molecule has 0 spiro atoms. The second-order valence-corrected chi connectivity index (χ2v) is 16.6. The van der Waals surface area contributed by atoms with Crippen LogP contribution < -0.4 is 4.89 Å². The Morgan fingerprint density at radius 3 is 1.12 bits per heavy atom. The van der Waals surface area contributed by atoms with Gasteiger partial charge in [0.25, 0.3) is 7.82 Å². The van der Waals surface area contributed by atoms with Crippen molar-refractivity contribution in [1.82, 2.24) is 0 Å². The van der Waals surface area contributed by atoms with Gasteiger partial charge in [0.2, 0.25) is 0 Å². The Balaban J connectivity index is -0.000000694. The zero-order chi connectivity index (χ0) is 39.8. The number of phosphoric acid groups is 1. The molecule has 0 aliphatic carbocycles. The van der Waals surface area contributed by atoms with E-state index in [4.69, 9.17) is 20.4 Å². The number of aliphatic hydroxyl groups is 2. The van der Waals surface area contributed by atoms with Crippen molar-refractivity contribution in [3.63, 3.8) is 0 Å². The van der Waals surface area contributed by atoms with Gasteiger partial charge < -0.3 is 38.9 Å². The molecule has 0 bridgehead atoms. The summed E-state index contributed by atoms with van der Waals surface area (Å²) in [6.07, 6.45) is 33.3. The number of nitrogens with zero attached hydrogens (tertiary/aromatic N) is 1. The molecule has 2 unspecified atom stereocenters. The number of carbonyl (C=O) groups is 2. The third-order valence-corrected chi connectivity index (χ3v) is 9.60. The average Bonchev–Trinajstić information content (AvgIpc) is 3.07. The van der Waals surface area contributed by atoms with Gasteiger partial charge in [-0.15, -0.1) is 0 Å². The summed E-state index contributed by atoms with van der Waals surface area (Å²) >= 11 is 0. The first-order chi connectivity index (χ1) is 24.7. The number of aliphatic hydroxyl groups excluding tert-OH is 2. The summed E-state index contributed by atoms with van der Waals surface area (Å²) in [5.41, 5.74) is 0. The van der Waals surface area contributed by atoms with Crippen molar-refractivity contribution < 1.29 is 53.0 Å². The predicted octanol–water partition coefficient (Wildman–Crippen LogP) is 9.65. The number of carboxylic acid groups (broad SMARTS) is 2. The molecule has 0 aromatic heterocycles. The van der Waals surface area contributed by atoms with Gasteiger partial charge in [-0.3, -0.25) is 14.2 Å². The van der Waals surface area contributed by atoms with Crippen LogP contribution in [0.15, 0.2) is 0 Å². The highest BCUT2D eigenvalue weighted by atomic mass is 31.2. The molecule has 12 heteroatoms. The minimum Gasteiger partial charge on any atom is -0.756 e. The van der Waals surface area contributed by atoms with Crippen molar-refractivity contribution in [2.24, 2.45) is 0 Å². The maximum atomic E-state index is 11.1. The number of unbranched alkanes of at least 4 members (excludes halogenated alkanes) is 24. The normalized spacial score (nSPS) is 13.0. The molecule has 2 atom stereocenters. The maximum absolute atomic E-state index is 11.1. The molecule has 0 aliphatic rings.